The lowest BCUT2D eigenvalue weighted by atomic mass is 10.1. The molecule has 0 bridgehead atoms. The van der Waals surface area contributed by atoms with Crippen LogP contribution in [0.2, 0.25) is 0 Å². The maximum atomic E-state index is 11.9. The zero-order valence-corrected chi connectivity index (χ0v) is 12.6. The van der Waals surface area contributed by atoms with Crippen LogP contribution in [0.5, 0.6) is 0 Å². The lowest BCUT2D eigenvalue weighted by Gasteiger charge is -2.08. The minimum absolute atomic E-state index is 0.0320. The van der Waals surface area contributed by atoms with E-state index in [0.717, 1.165) is 30.9 Å². The Bertz CT molecular complexity index is 574. The highest BCUT2D eigenvalue weighted by molar-refractivity contribution is 5.94. The molecule has 0 unspecified atom stereocenters. The summed E-state index contributed by atoms with van der Waals surface area (Å²) in [5, 5.41) is 10.4. The second-order valence-corrected chi connectivity index (χ2v) is 4.94. The Morgan fingerprint density at radius 3 is 2.67 bits per heavy atom. The summed E-state index contributed by atoms with van der Waals surface area (Å²) in [6, 6.07) is 9.58. The van der Waals surface area contributed by atoms with Gasteiger partial charge < -0.3 is 10.6 Å². The van der Waals surface area contributed by atoms with Gasteiger partial charge in [0.05, 0.1) is 5.69 Å². The number of hydrogen-bond acceptors (Lipinski definition) is 3. The minimum Gasteiger partial charge on any atom is -0.351 e. The van der Waals surface area contributed by atoms with E-state index in [1.807, 2.05) is 41.9 Å². The van der Waals surface area contributed by atoms with Crippen LogP contribution in [0.15, 0.2) is 36.5 Å². The van der Waals surface area contributed by atoms with Crippen molar-refractivity contribution in [3.05, 3.63) is 53.3 Å². The maximum Gasteiger partial charge on any atom is 0.251 e. The fourth-order valence-corrected chi connectivity index (χ4v) is 2.08. The van der Waals surface area contributed by atoms with Crippen molar-refractivity contribution in [2.24, 2.45) is 0 Å². The smallest absolute Gasteiger partial charge is 0.251 e. The first kappa shape index (κ1) is 15.3. The van der Waals surface area contributed by atoms with Crippen LogP contribution >= 0.6 is 0 Å². The number of hydrogen-bond donors (Lipinski definition) is 2. The molecule has 0 fully saturated rings. The summed E-state index contributed by atoms with van der Waals surface area (Å²) in [6.07, 6.45) is 1.81. The Kier molecular flexibility index (Phi) is 5.51. The van der Waals surface area contributed by atoms with E-state index in [0.29, 0.717) is 12.1 Å². The van der Waals surface area contributed by atoms with Crippen LogP contribution < -0.4 is 10.6 Å². The SMILES string of the molecule is CCn1nccc1CNCCNC(=O)c1ccc(C)cc1. The van der Waals surface area contributed by atoms with Crippen LogP contribution in [0, 0.1) is 6.92 Å². The summed E-state index contributed by atoms with van der Waals surface area (Å²) in [4.78, 5) is 11.9. The van der Waals surface area contributed by atoms with Gasteiger partial charge in [0, 0.05) is 37.9 Å². The Morgan fingerprint density at radius 2 is 1.95 bits per heavy atom. The molecule has 0 radical (unpaired) electrons. The quantitative estimate of drug-likeness (QED) is 0.762. The Morgan fingerprint density at radius 1 is 1.19 bits per heavy atom. The molecule has 0 aliphatic carbocycles. The normalized spacial score (nSPS) is 10.6. The fraction of sp³-hybridized carbons (Fsp3) is 0.375. The molecule has 1 amide bonds. The molecule has 2 rings (SSSR count). The summed E-state index contributed by atoms with van der Waals surface area (Å²) in [5.74, 6) is -0.0320. The number of amides is 1. The first-order valence-electron chi connectivity index (χ1n) is 7.27. The molecule has 1 aromatic carbocycles. The predicted molar refractivity (Wildman–Crippen MR) is 83.1 cm³/mol. The van der Waals surface area contributed by atoms with Gasteiger partial charge in [-0.1, -0.05) is 17.7 Å². The van der Waals surface area contributed by atoms with E-state index in [9.17, 15) is 4.79 Å². The molecule has 0 aliphatic rings. The molecule has 5 nitrogen and oxygen atoms in total. The second-order valence-electron chi connectivity index (χ2n) is 4.94. The van der Waals surface area contributed by atoms with Crippen molar-refractivity contribution in [3.63, 3.8) is 0 Å². The largest absolute Gasteiger partial charge is 0.351 e. The molecule has 1 heterocycles. The van der Waals surface area contributed by atoms with Gasteiger partial charge in [-0.3, -0.25) is 9.48 Å². The molecule has 112 valence electrons. The third-order valence-corrected chi connectivity index (χ3v) is 3.31. The molecule has 2 aromatic rings. The van der Waals surface area contributed by atoms with Gasteiger partial charge in [0.15, 0.2) is 0 Å². The highest BCUT2D eigenvalue weighted by Gasteiger charge is 2.04. The van der Waals surface area contributed by atoms with E-state index in [2.05, 4.69) is 22.7 Å². The Hall–Kier alpha value is -2.14. The van der Waals surface area contributed by atoms with E-state index < -0.39 is 0 Å². The first-order chi connectivity index (χ1) is 10.2. The highest BCUT2D eigenvalue weighted by Crippen LogP contribution is 2.02. The molecule has 0 saturated carbocycles. The van der Waals surface area contributed by atoms with E-state index in [1.165, 1.54) is 0 Å². The number of carbonyl (C=O) groups excluding carboxylic acids is 1. The van der Waals surface area contributed by atoms with Crippen molar-refractivity contribution in [3.8, 4) is 0 Å². The standard InChI is InChI=1S/C16H22N4O/c1-3-20-15(8-9-19-20)12-17-10-11-18-16(21)14-6-4-13(2)5-7-14/h4-9,17H,3,10-12H2,1-2H3,(H,18,21). The predicted octanol–water partition coefficient (Wildman–Crippen LogP) is 1.73. The molecule has 0 atom stereocenters. The monoisotopic (exact) mass is 286 g/mol. The topological polar surface area (TPSA) is 59.0 Å². The van der Waals surface area contributed by atoms with Crippen LogP contribution in [0.1, 0.15) is 28.5 Å². The average Bonchev–Trinajstić information content (AvgIpc) is 2.95. The molecular formula is C16H22N4O. The first-order valence-corrected chi connectivity index (χ1v) is 7.27. The van der Waals surface area contributed by atoms with Crippen molar-refractivity contribution in [1.29, 1.82) is 0 Å². The van der Waals surface area contributed by atoms with Gasteiger partial charge in [-0.2, -0.15) is 5.10 Å². The number of benzene rings is 1. The van der Waals surface area contributed by atoms with Crippen molar-refractivity contribution in [2.45, 2.75) is 26.9 Å². The number of carbonyl (C=O) groups is 1. The second kappa shape index (κ2) is 7.59. The van der Waals surface area contributed by atoms with Gasteiger partial charge in [0.1, 0.15) is 0 Å². The van der Waals surface area contributed by atoms with Crippen LogP contribution in [0.4, 0.5) is 0 Å². The summed E-state index contributed by atoms with van der Waals surface area (Å²) < 4.78 is 1.96. The Labute approximate surface area is 125 Å². The lowest BCUT2D eigenvalue weighted by molar-refractivity contribution is 0.0954. The molecule has 0 spiro atoms. The zero-order chi connectivity index (χ0) is 15.1. The molecule has 2 N–H and O–H groups in total. The number of rotatable bonds is 7. The number of nitrogens with one attached hydrogen (secondary N) is 2. The van der Waals surface area contributed by atoms with E-state index in [1.54, 1.807) is 6.20 Å². The molecule has 21 heavy (non-hydrogen) atoms. The third kappa shape index (κ3) is 4.43. The van der Waals surface area contributed by atoms with E-state index in [4.69, 9.17) is 0 Å². The Balaban J connectivity index is 1.68. The summed E-state index contributed by atoms with van der Waals surface area (Å²) >= 11 is 0. The number of nitrogens with zero attached hydrogens (tertiary/aromatic N) is 2. The molecular weight excluding hydrogens is 264 g/mol. The number of aromatic nitrogens is 2. The minimum atomic E-state index is -0.0320. The zero-order valence-electron chi connectivity index (χ0n) is 12.6. The molecule has 1 aromatic heterocycles. The fourth-order valence-electron chi connectivity index (χ4n) is 2.08. The van der Waals surface area contributed by atoms with Crippen molar-refractivity contribution >= 4 is 5.91 Å². The van der Waals surface area contributed by atoms with Crippen LogP contribution in [0.3, 0.4) is 0 Å². The van der Waals surface area contributed by atoms with Gasteiger partial charge in [0.25, 0.3) is 5.91 Å². The molecule has 0 aliphatic heterocycles. The maximum absolute atomic E-state index is 11.9. The van der Waals surface area contributed by atoms with Gasteiger partial charge in [-0.15, -0.1) is 0 Å². The van der Waals surface area contributed by atoms with E-state index >= 15 is 0 Å². The highest BCUT2D eigenvalue weighted by atomic mass is 16.1. The third-order valence-electron chi connectivity index (χ3n) is 3.31. The van der Waals surface area contributed by atoms with Crippen LogP contribution in [0.25, 0.3) is 0 Å². The lowest BCUT2D eigenvalue weighted by Crippen LogP contribution is -2.32. The van der Waals surface area contributed by atoms with Gasteiger partial charge in [-0.05, 0) is 32.0 Å². The number of aryl methyl sites for hydroxylation is 2. The van der Waals surface area contributed by atoms with Crippen molar-refractivity contribution in [2.75, 3.05) is 13.1 Å². The van der Waals surface area contributed by atoms with Gasteiger partial charge in [-0.25, -0.2) is 0 Å². The average molecular weight is 286 g/mol. The summed E-state index contributed by atoms with van der Waals surface area (Å²) in [6.45, 7) is 7.03. The van der Waals surface area contributed by atoms with Crippen LogP contribution in [-0.4, -0.2) is 28.8 Å². The van der Waals surface area contributed by atoms with E-state index in [-0.39, 0.29) is 5.91 Å². The van der Waals surface area contributed by atoms with Gasteiger partial charge >= 0.3 is 0 Å². The molecule has 5 heteroatoms. The van der Waals surface area contributed by atoms with Gasteiger partial charge in [0.2, 0.25) is 0 Å². The van der Waals surface area contributed by atoms with Crippen LogP contribution in [-0.2, 0) is 13.1 Å². The molecule has 0 saturated heterocycles. The van der Waals surface area contributed by atoms with Crippen molar-refractivity contribution in [1.82, 2.24) is 20.4 Å². The summed E-state index contributed by atoms with van der Waals surface area (Å²) in [7, 11) is 0. The van der Waals surface area contributed by atoms with Crippen molar-refractivity contribution < 1.29 is 4.79 Å². The summed E-state index contributed by atoms with van der Waals surface area (Å²) in [5.41, 5.74) is 3.01.